The first-order chi connectivity index (χ1) is 8.63. The highest BCUT2D eigenvalue weighted by molar-refractivity contribution is 9.10. The minimum absolute atomic E-state index is 0.345. The van der Waals surface area contributed by atoms with Crippen LogP contribution in [0, 0.1) is 0 Å². The molecule has 1 heterocycles. The van der Waals surface area contributed by atoms with E-state index >= 15 is 0 Å². The zero-order valence-corrected chi connectivity index (χ0v) is 12.5. The number of nitrogens with zero attached hydrogens (tertiary/aromatic N) is 2. The van der Waals surface area contributed by atoms with Gasteiger partial charge < -0.3 is 5.11 Å². The summed E-state index contributed by atoms with van der Waals surface area (Å²) in [6.07, 6.45) is 4.04. The van der Waals surface area contributed by atoms with Crippen molar-refractivity contribution < 1.29 is 5.11 Å². The van der Waals surface area contributed by atoms with Gasteiger partial charge >= 0.3 is 0 Å². The van der Waals surface area contributed by atoms with E-state index in [0.29, 0.717) is 12.2 Å². The topological polar surface area (TPSA) is 38.0 Å². The number of hydrogen-bond donors (Lipinski definition) is 1. The summed E-state index contributed by atoms with van der Waals surface area (Å²) >= 11 is 5.07. The maximum atomic E-state index is 9.96. The fraction of sp³-hybridized carbons (Fsp3) is 0.308. The van der Waals surface area contributed by atoms with E-state index in [1.807, 2.05) is 37.5 Å². The molecule has 0 aliphatic heterocycles. The highest BCUT2D eigenvalue weighted by atomic mass is 79.9. The predicted molar refractivity (Wildman–Crippen MR) is 77.8 cm³/mol. The van der Waals surface area contributed by atoms with Crippen LogP contribution in [0.25, 0.3) is 0 Å². The second kappa shape index (κ2) is 6.41. The van der Waals surface area contributed by atoms with Crippen molar-refractivity contribution in [2.24, 2.45) is 7.05 Å². The molecule has 0 spiro atoms. The van der Waals surface area contributed by atoms with Crippen LogP contribution < -0.4 is 0 Å². The largest absolute Gasteiger partial charge is 0.392 e. The zero-order valence-electron chi connectivity index (χ0n) is 10.1. The van der Waals surface area contributed by atoms with Crippen molar-refractivity contribution in [1.82, 2.24) is 9.78 Å². The van der Waals surface area contributed by atoms with Crippen molar-refractivity contribution in [3.8, 4) is 0 Å². The number of aliphatic hydroxyl groups excluding tert-OH is 1. The maximum Gasteiger partial charge on any atom is 0.0675 e. The molecule has 1 N–H and O–H groups in total. The predicted octanol–water partition coefficient (Wildman–Crippen LogP) is 2.88. The summed E-state index contributed by atoms with van der Waals surface area (Å²) in [5.74, 6) is 0.691. The fourth-order valence-electron chi connectivity index (χ4n) is 1.63. The van der Waals surface area contributed by atoms with Gasteiger partial charge in [-0.25, -0.2) is 0 Å². The van der Waals surface area contributed by atoms with Crippen LogP contribution in [0.3, 0.4) is 0 Å². The SMILES string of the molecule is Cn1cc(CC(O)CSc2ccc(Br)cc2)cn1. The molecular formula is C13H15BrN2OS. The molecule has 2 rings (SSSR count). The summed E-state index contributed by atoms with van der Waals surface area (Å²) in [5.41, 5.74) is 1.07. The Hall–Kier alpha value is -0.780. The minimum atomic E-state index is -0.345. The van der Waals surface area contributed by atoms with Crippen molar-refractivity contribution in [2.45, 2.75) is 17.4 Å². The van der Waals surface area contributed by atoms with E-state index in [1.54, 1.807) is 22.6 Å². The Balaban J connectivity index is 1.81. The number of aliphatic hydroxyl groups is 1. The van der Waals surface area contributed by atoms with Crippen LogP contribution in [0.2, 0.25) is 0 Å². The third kappa shape index (κ3) is 4.15. The van der Waals surface area contributed by atoms with Crippen LogP contribution in [-0.2, 0) is 13.5 Å². The Morgan fingerprint density at radius 2 is 2.11 bits per heavy atom. The van der Waals surface area contributed by atoms with E-state index in [0.717, 1.165) is 10.0 Å². The lowest BCUT2D eigenvalue weighted by Gasteiger charge is -2.08. The van der Waals surface area contributed by atoms with Crippen molar-refractivity contribution in [3.63, 3.8) is 0 Å². The van der Waals surface area contributed by atoms with E-state index in [9.17, 15) is 5.11 Å². The van der Waals surface area contributed by atoms with Gasteiger partial charge in [0.2, 0.25) is 0 Å². The van der Waals surface area contributed by atoms with Gasteiger partial charge in [-0.3, -0.25) is 4.68 Å². The van der Waals surface area contributed by atoms with Crippen LogP contribution in [0.15, 0.2) is 46.0 Å². The second-order valence-corrected chi connectivity index (χ2v) is 6.15. The van der Waals surface area contributed by atoms with Crippen molar-refractivity contribution in [2.75, 3.05) is 5.75 Å². The zero-order chi connectivity index (χ0) is 13.0. The molecule has 1 atom stereocenters. The molecule has 0 aliphatic carbocycles. The number of thioether (sulfide) groups is 1. The normalized spacial score (nSPS) is 12.6. The molecule has 3 nitrogen and oxygen atoms in total. The molecule has 1 aromatic carbocycles. The van der Waals surface area contributed by atoms with Crippen molar-refractivity contribution in [3.05, 3.63) is 46.7 Å². The van der Waals surface area contributed by atoms with E-state index in [-0.39, 0.29) is 6.10 Å². The number of aryl methyl sites for hydroxylation is 1. The standard InChI is InChI=1S/C13H15BrN2OS/c1-16-8-10(7-15-16)6-12(17)9-18-13-4-2-11(14)3-5-13/h2-5,7-8,12,17H,6,9H2,1H3. The third-order valence-electron chi connectivity index (χ3n) is 2.49. The second-order valence-electron chi connectivity index (χ2n) is 4.15. The molecule has 0 saturated heterocycles. The van der Waals surface area contributed by atoms with Crippen LogP contribution in [0.5, 0.6) is 0 Å². The molecule has 0 saturated carbocycles. The Labute approximate surface area is 119 Å². The lowest BCUT2D eigenvalue weighted by molar-refractivity contribution is 0.200. The first-order valence-corrected chi connectivity index (χ1v) is 7.45. The van der Waals surface area contributed by atoms with E-state index in [4.69, 9.17) is 0 Å². The molecule has 0 aliphatic rings. The van der Waals surface area contributed by atoms with Crippen molar-refractivity contribution >= 4 is 27.7 Å². The first kappa shape index (κ1) is 13.6. The van der Waals surface area contributed by atoms with Gasteiger partial charge in [0.15, 0.2) is 0 Å². The molecule has 0 amide bonds. The molecule has 18 heavy (non-hydrogen) atoms. The van der Waals surface area contributed by atoms with Gasteiger partial charge in [0, 0.05) is 34.8 Å². The van der Waals surface area contributed by atoms with Crippen LogP contribution in [0.4, 0.5) is 0 Å². The molecule has 1 aromatic heterocycles. The van der Waals surface area contributed by atoms with Gasteiger partial charge in [0.1, 0.15) is 0 Å². The van der Waals surface area contributed by atoms with Gasteiger partial charge in [-0.2, -0.15) is 5.10 Å². The van der Waals surface area contributed by atoms with E-state index in [2.05, 4.69) is 21.0 Å². The Morgan fingerprint density at radius 3 is 2.72 bits per heavy atom. The van der Waals surface area contributed by atoms with E-state index in [1.165, 1.54) is 4.90 Å². The minimum Gasteiger partial charge on any atom is -0.392 e. The third-order valence-corrected chi connectivity index (χ3v) is 4.17. The number of halogens is 1. The maximum absolute atomic E-state index is 9.96. The fourth-order valence-corrected chi connectivity index (χ4v) is 2.73. The highest BCUT2D eigenvalue weighted by Gasteiger charge is 2.07. The van der Waals surface area contributed by atoms with Gasteiger partial charge in [0.25, 0.3) is 0 Å². The van der Waals surface area contributed by atoms with Crippen LogP contribution >= 0.6 is 27.7 Å². The number of hydrogen-bond acceptors (Lipinski definition) is 3. The molecule has 0 bridgehead atoms. The molecular weight excluding hydrogens is 312 g/mol. The summed E-state index contributed by atoms with van der Waals surface area (Å²) in [6, 6.07) is 8.11. The Morgan fingerprint density at radius 1 is 1.39 bits per heavy atom. The number of aromatic nitrogens is 2. The smallest absolute Gasteiger partial charge is 0.0675 e. The lowest BCUT2D eigenvalue weighted by atomic mass is 10.2. The van der Waals surface area contributed by atoms with Gasteiger partial charge in [-0.1, -0.05) is 15.9 Å². The lowest BCUT2D eigenvalue weighted by Crippen LogP contribution is -2.13. The van der Waals surface area contributed by atoms with Crippen LogP contribution in [0.1, 0.15) is 5.56 Å². The number of benzene rings is 1. The Kier molecular flexibility index (Phi) is 4.86. The average molecular weight is 327 g/mol. The van der Waals surface area contributed by atoms with E-state index < -0.39 is 0 Å². The molecule has 96 valence electrons. The van der Waals surface area contributed by atoms with Crippen LogP contribution in [-0.4, -0.2) is 26.7 Å². The summed E-state index contributed by atoms with van der Waals surface area (Å²) < 4.78 is 2.83. The van der Waals surface area contributed by atoms with Gasteiger partial charge in [-0.05, 0) is 29.8 Å². The summed E-state index contributed by atoms with van der Waals surface area (Å²) in [4.78, 5) is 1.17. The number of rotatable bonds is 5. The summed E-state index contributed by atoms with van der Waals surface area (Å²) in [7, 11) is 1.88. The molecule has 0 fully saturated rings. The first-order valence-electron chi connectivity index (χ1n) is 5.67. The van der Waals surface area contributed by atoms with Gasteiger partial charge in [-0.15, -0.1) is 11.8 Å². The quantitative estimate of drug-likeness (QED) is 0.858. The highest BCUT2D eigenvalue weighted by Crippen LogP contribution is 2.21. The van der Waals surface area contributed by atoms with Gasteiger partial charge in [0.05, 0.1) is 12.3 Å². The average Bonchev–Trinajstić information content (AvgIpc) is 2.74. The Bertz CT molecular complexity index is 498. The summed E-state index contributed by atoms with van der Waals surface area (Å²) in [5, 5.41) is 14.1. The van der Waals surface area contributed by atoms with Crippen molar-refractivity contribution in [1.29, 1.82) is 0 Å². The monoisotopic (exact) mass is 326 g/mol. The molecule has 2 aromatic rings. The summed E-state index contributed by atoms with van der Waals surface area (Å²) in [6.45, 7) is 0. The molecule has 0 radical (unpaired) electrons. The molecule has 5 heteroatoms. The molecule has 1 unspecified atom stereocenters.